The van der Waals surface area contributed by atoms with Gasteiger partial charge in [-0.15, -0.1) is 0 Å². The van der Waals surface area contributed by atoms with Gasteiger partial charge in [-0.3, -0.25) is 14.5 Å². The van der Waals surface area contributed by atoms with Gasteiger partial charge in [-0.05, 0) is 38.8 Å². The van der Waals surface area contributed by atoms with Gasteiger partial charge in [0.15, 0.2) is 0 Å². The van der Waals surface area contributed by atoms with Gasteiger partial charge in [0.25, 0.3) is 0 Å². The maximum Gasteiger partial charge on any atom is 0.236 e. The Morgan fingerprint density at radius 3 is 1.96 bits per heavy atom. The molecule has 27 heavy (non-hydrogen) atoms. The summed E-state index contributed by atoms with van der Waals surface area (Å²) in [4.78, 5) is 31.0. The molecule has 2 rings (SSSR count). The molecule has 2 aliphatic heterocycles. The van der Waals surface area contributed by atoms with Gasteiger partial charge in [0.2, 0.25) is 11.8 Å². The summed E-state index contributed by atoms with van der Waals surface area (Å²) in [5.41, 5.74) is 0. The molecule has 0 bridgehead atoms. The fourth-order valence-electron chi connectivity index (χ4n) is 3.91. The molecule has 0 saturated carbocycles. The summed E-state index contributed by atoms with van der Waals surface area (Å²) in [6.45, 7) is 4.35. The van der Waals surface area contributed by atoms with E-state index in [0.29, 0.717) is 25.5 Å². The molecule has 7 heteroatoms. The van der Waals surface area contributed by atoms with Crippen molar-refractivity contribution in [3.63, 3.8) is 0 Å². The number of hydrogen-bond acceptors (Lipinski definition) is 5. The van der Waals surface area contributed by atoms with Gasteiger partial charge in [-0.1, -0.05) is 12.8 Å². The van der Waals surface area contributed by atoms with E-state index in [0.717, 1.165) is 51.9 Å². The van der Waals surface area contributed by atoms with E-state index in [1.807, 2.05) is 4.90 Å². The Bertz CT molecular complexity index is 546. The first-order chi connectivity index (χ1) is 13.2. The lowest BCUT2D eigenvalue weighted by atomic mass is 9.95. The van der Waals surface area contributed by atoms with Crippen molar-refractivity contribution in [2.24, 2.45) is 5.92 Å². The number of carbonyl (C=O) groups excluding carboxylic acids is 2. The van der Waals surface area contributed by atoms with Crippen molar-refractivity contribution in [2.75, 3.05) is 45.8 Å². The van der Waals surface area contributed by atoms with Crippen molar-refractivity contribution in [2.45, 2.75) is 51.4 Å². The molecule has 2 saturated heterocycles. The van der Waals surface area contributed by atoms with E-state index in [1.165, 1.54) is 12.8 Å². The molecule has 2 heterocycles. The largest absolute Gasteiger partial charge is 0.342 e. The minimum atomic E-state index is -0.0298. The topological polar surface area (TPSA) is 91.4 Å². The van der Waals surface area contributed by atoms with E-state index in [1.54, 1.807) is 4.90 Å². The quantitative estimate of drug-likeness (QED) is 0.678. The van der Waals surface area contributed by atoms with E-state index in [9.17, 15) is 9.59 Å². The van der Waals surface area contributed by atoms with Gasteiger partial charge in [0.1, 0.15) is 0 Å². The van der Waals surface area contributed by atoms with Gasteiger partial charge in [0.05, 0.1) is 31.5 Å². The summed E-state index contributed by atoms with van der Waals surface area (Å²) >= 11 is 0. The molecule has 7 nitrogen and oxygen atoms in total. The number of nitrogens with zero attached hydrogens (tertiary/aromatic N) is 5. The second-order valence-corrected chi connectivity index (χ2v) is 7.49. The Balaban J connectivity index is 1.78. The molecule has 0 aromatic carbocycles. The van der Waals surface area contributed by atoms with E-state index in [-0.39, 0.29) is 24.7 Å². The Labute approximate surface area is 162 Å². The number of hydrogen-bond donors (Lipinski definition) is 0. The highest BCUT2D eigenvalue weighted by Gasteiger charge is 2.30. The van der Waals surface area contributed by atoms with Crippen molar-refractivity contribution in [1.82, 2.24) is 14.7 Å². The van der Waals surface area contributed by atoms with Crippen molar-refractivity contribution < 1.29 is 9.59 Å². The highest BCUT2D eigenvalue weighted by molar-refractivity contribution is 5.79. The minimum absolute atomic E-state index is 0.0298. The Hall–Kier alpha value is -2.12. The Morgan fingerprint density at radius 2 is 1.44 bits per heavy atom. The van der Waals surface area contributed by atoms with Crippen molar-refractivity contribution in [3.8, 4) is 12.1 Å². The van der Waals surface area contributed by atoms with Crippen molar-refractivity contribution >= 4 is 11.8 Å². The van der Waals surface area contributed by atoms with Gasteiger partial charge < -0.3 is 9.80 Å². The summed E-state index contributed by atoms with van der Waals surface area (Å²) in [6.07, 6.45) is 6.84. The molecule has 0 atom stereocenters. The molecule has 2 aliphatic rings. The van der Waals surface area contributed by atoms with Gasteiger partial charge in [0, 0.05) is 32.1 Å². The van der Waals surface area contributed by atoms with Crippen LogP contribution in [0.4, 0.5) is 0 Å². The van der Waals surface area contributed by atoms with E-state index in [4.69, 9.17) is 10.5 Å². The Kier molecular flexibility index (Phi) is 9.07. The first kappa shape index (κ1) is 21.2. The molecule has 0 aromatic heterocycles. The molecule has 148 valence electrons. The summed E-state index contributed by atoms with van der Waals surface area (Å²) in [5.74, 6) is 0.355. The SMILES string of the molecule is N#CCCN(CCC#N)C(=O)CN1CCC(C(=O)N2CCCCCC2)CC1. The number of likely N-dealkylation sites (tertiary alicyclic amines) is 2. The molecule has 0 aliphatic carbocycles. The van der Waals surface area contributed by atoms with Crippen LogP contribution < -0.4 is 0 Å². The lowest BCUT2D eigenvalue weighted by Crippen LogP contribution is -2.46. The molecule has 0 aromatic rings. The second-order valence-electron chi connectivity index (χ2n) is 7.49. The Morgan fingerprint density at radius 1 is 0.889 bits per heavy atom. The van der Waals surface area contributed by atoms with Crippen LogP contribution >= 0.6 is 0 Å². The lowest BCUT2D eigenvalue weighted by Gasteiger charge is -2.34. The molecule has 0 radical (unpaired) electrons. The van der Waals surface area contributed by atoms with Crippen LogP contribution in [0.2, 0.25) is 0 Å². The van der Waals surface area contributed by atoms with Gasteiger partial charge in [-0.25, -0.2) is 0 Å². The van der Waals surface area contributed by atoms with Crippen molar-refractivity contribution in [3.05, 3.63) is 0 Å². The molecular formula is C20H31N5O2. The fourth-order valence-corrected chi connectivity index (χ4v) is 3.91. The van der Waals surface area contributed by atoms with E-state index in [2.05, 4.69) is 17.0 Å². The summed E-state index contributed by atoms with van der Waals surface area (Å²) in [7, 11) is 0. The number of piperidine rings is 1. The zero-order valence-electron chi connectivity index (χ0n) is 16.2. The normalized spacial score (nSPS) is 19.0. The van der Waals surface area contributed by atoms with Crippen LogP contribution in [0.15, 0.2) is 0 Å². The average Bonchev–Trinajstić information content (AvgIpc) is 2.97. The first-order valence-corrected chi connectivity index (χ1v) is 10.2. The minimum Gasteiger partial charge on any atom is -0.342 e. The van der Waals surface area contributed by atoms with Gasteiger partial charge >= 0.3 is 0 Å². The van der Waals surface area contributed by atoms with Crippen molar-refractivity contribution in [1.29, 1.82) is 10.5 Å². The smallest absolute Gasteiger partial charge is 0.236 e. The summed E-state index contributed by atoms with van der Waals surface area (Å²) in [6, 6.07) is 4.11. The molecule has 2 fully saturated rings. The highest BCUT2D eigenvalue weighted by Crippen LogP contribution is 2.21. The second kappa shape index (κ2) is 11.6. The van der Waals surface area contributed by atoms with Crippen LogP contribution in [0.25, 0.3) is 0 Å². The zero-order chi connectivity index (χ0) is 19.5. The molecular weight excluding hydrogens is 342 g/mol. The monoisotopic (exact) mass is 373 g/mol. The number of carbonyl (C=O) groups is 2. The third-order valence-corrected chi connectivity index (χ3v) is 5.55. The van der Waals surface area contributed by atoms with Crippen LogP contribution in [-0.2, 0) is 9.59 Å². The zero-order valence-corrected chi connectivity index (χ0v) is 16.2. The maximum atomic E-state index is 12.8. The standard InChI is InChI=1S/C20H31N5O2/c21-9-5-13-24(14-6-10-22)19(26)17-23-15-7-18(8-16-23)20(27)25-11-3-1-2-4-12-25/h18H,1-8,11-17H2. The van der Waals surface area contributed by atoms with Gasteiger partial charge in [-0.2, -0.15) is 10.5 Å². The summed E-state index contributed by atoms with van der Waals surface area (Å²) < 4.78 is 0. The number of nitriles is 2. The first-order valence-electron chi connectivity index (χ1n) is 10.2. The van der Waals surface area contributed by atoms with Crippen LogP contribution in [0.1, 0.15) is 51.4 Å². The average molecular weight is 374 g/mol. The van der Waals surface area contributed by atoms with E-state index >= 15 is 0 Å². The van der Waals surface area contributed by atoms with E-state index < -0.39 is 0 Å². The third kappa shape index (κ3) is 6.84. The summed E-state index contributed by atoms with van der Waals surface area (Å²) in [5, 5.41) is 17.5. The lowest BCUT2D eigenvalue weighted by molar-refractivity contribution is -0.137. The molecule has 0 unspecified atom stereocenters. The third-order valence-electron chi connectivity index (χ3n) is 5.55. The maximum absolute atomic E-state index is 12.8. The molecule has 2 amide bonds. The van der Waals surface area contributed by atoms with Crippen LogP contribution in [0, 0.1) is 28.6 Å². The van der Waals surface area contributed by atoms with Crippen LogP contribution in [0.3, 0.4) is 0 Å². The fraction of sp³-hybridized carbons (Fsp3) is 0.800. The van der Waals surface area contributed by atoms with Crippen LogP contribution in [-0.4, -0.2) is 72.3 Å². The predicted octanol–water partition coefficient (Wildman–Crippen LogP) is 1.76. The predicted molar refractivity (Wildman–Crippen MR) is 101 cm³/mol. The molecule has 0 N–H and O–H groups in total. The number of rotatable bonds is 7. The van der Waals surface area contributed by atoms with Crippen LogP contribution in [0.5, 0.6) is 0 Å². The highest BCUT2D eigenvalue weighted by atomic mass is 16.2. The molecule has 0 spiro atoms. The number of amides is 2.